The number of hydrogen-bond donors (Lipinski definition) is 2. The molecule has 0 amide bonds. The summed E-state index contributed by atoms with van der Waals surface area (Å²) in [5.74, 6) is 0. The van der Waals surface area contributed by atoms with Gasteiger partial charge in [-0.15, -0.1) is 0 Å². The molecule has 3 N–H and O–H groups in total. The van der Waals surface area contributed by atoms with Gasteiger partial charge in [0.25, 0.3) is 0 Å². The summed E-state index contributed by atoms with van der Waals surface area (Å²) in [7, 11) is 0. The van der Waals surface area contributed by atoms with Gasteiger partial charge < -0.3 is 10.8 Å². The van der Waals surface area contributed by atoms with Crippen LogP contribution >= 0.6 is 0 Å². The van der Waals surface area contributed by atoms with Crippen molar-refractivity contribution in [3.05, 3.63) is 35.4 Å². The molecule has 0 aliphatic heterocycles. The Bertz CT molecular complexity index is 425. The minimum atomic E-state index is -0.436. The number of hydrogen-bond acceptors (Lipinski definition) is 2. The van der Waals surface area contributed by atoms with Crippen molar-refractivity contribution in [2.24, 2.45) is 16.6 Å². The monoisotopic (exact) mass is 275 g/mol. The van der Waals surface area contributed by atoms with E-state index in [1.807, 2.05) is 0 Å². The van der Waals surface area contributed by atoms with Gasteiger partial charge in [-0.2, -0.15) is 0 Å². The molecule has 2 rings (SSSR count). The van der Waals surface area contributed by atoms with Crippen LogP contribution in [-0.4, -0.2) is 11.7 Å². The SMILES string of the molecule is CCc1ccc(C(O)C2(CN)CCC(C)(C)CC2)cc1. The highest BCUT2D eigenvalue weighted by Gasteiger charge is 2.42. The lowest BCUT2D eigenvalue weighted by molar-refractivity contribution is -0.0235. The maximum atomic E-state index is 10.8. The molecule has 0 bridgehead atoms. The molecule has 0 radical (unpaired) electrons. The maximum absolute atomic E-state index is 10.8. The Labute approximate surface area is 123 Å². The lowest BCUT2D eigenvalue weighted by Crippen LogP contribution is -2.41. The van der Waals surface area contributed by atoms with Crippen LogP contribution in [0.4, 0.5) is 0 Å². The van der Waals surface area contributed by atoms with Crippen molar-refractivity contribution in [3.63, 3.8) is 0 Å². The quantitative estimate of drug-likeness (QED) is 0.877. The van der Waals surface area contributed by atoms with Gasteiger partial charge in [0, 0.05) is 12.0 Å². The van der Waals surface area contributed by atoms with Crippen molar-refractivity contribution in [2.45, 2.75) is 59.0 Å². The zero-order valence-corrected chi connectivity index (χ0v) is 13.2. The Kier molecular flexibility index (Phi) is 4.55. The van der Waals surface area contributed by atoms with Gasteiger partial charge in [0.1, 0.15) is 0 Å². The Hall–Kier alpha value is -0.860. The standard InChI is InChI=1S/C18H29NO/c1-4-14-5-7-15(8-6-14)16(20)18(13-19)11-9-17(2,3)10-12-18/h5-8,16,20H,4,9-13,19H2,1-3H3. The van der Waals surface area contributed by atoms with E-state index in [1.165, 1.54) is 5.56 Å². The molecule has 2 heteroatoms. The van der Waals surface area contributed by atoms with Gasteiger partial charge in [0.05, 0.1) is 6.10 Å². The van der Waals surface area contributed by atoms with Crippen LogP contribution in [0.3, 0.4) is 0 Å². The Morgan fingerprint density at radius 3 is 2.10 bits per heavy atom. The zero-order chi connectivity index (χ0) is 14.8. The van der Waals surface area contributed by atoms with Gasteiger partial charge in [-0.3, -0.25) is 0 Å². The molecule has 1 fully saturated rings. The molecule has 0 aromatic heterocycles. The molecule has 0 saturated heterocycles. The molecule has 1 unspecified atom stereocenters. The second-order valence-electron chi connectivity index (χ2n) is 7.23. The van der Waals surface area contributed by atoms with E-state index in [1.54, 1.807) is 0 Å². The van der Waals surface area contributed by atoms with Crippen molar-refractivity contribution >= 4 is 0 Å². The average Bonchev–Trinajstić information content (AvgIpc) is 2.47. The van der Waals surface area contributed by atoms with Crippen molar-refractivity contribution in [1.82, 2.24) is 0 Å². The van der Waals surface area contributed by atoms with Gasteiger partial charge in [-0.1, -0.05) is 45.0 Å². The molecule has 1 aromatic rings. The first kappa shape index (κ1) is 15.5. The van der Waals surface area contributed by atoms with E-state index in [4.69, 9.17) is 5.73 Å². The first-order chi connectivity index (χ1) is 9.42. The summed E-state index contributed by atoms with van der Waals surface area (Å²) in [4.78, 5) is 0. The number of benzene rings is 1. The predicted octanol–water partition coefficient (Wildman–Crippen LogP) is 3.83. The Balaban J connectivity index is 2.18. The topological polar surface area (TPSA) is 46.2 Å². The van der Waals surface area contributed by atoms with Crippen LogP contribution in [0.25, 0.3) is 0 Å². The molecule has 0 heterocycles. The van der Waals surface area contributed by atoms with E-state index in [0.29, 0.717) is 12.0 Å². The molecule has 0 spiro atoms. The van der Waals surface area contributed by atoms with E-state index >= 15 is 0 Å². The summed E-state index contributed by atoms with van der Waals surface area (Å²) in [5.41, 5.74) is 8.65. The van der Waals surface area contributed by atoms with Crippen LogP contribution in [0, 0.1) is 10.8 Å². The molecule has 20 heavy (non-hydrogen) atoms. The third kappa shape index (κ3) is 3.07. The average molecular weight is 275 g/mol. The minimum Gasteiger partial charge on any atom is -0.388 e. The van der Waals surface area contributed by atoms with Gasteiger partial charge in [0.2, 0.25) is 0 Å². The summed E-state index contributed by atoms with van der Waals surface area (Å²) in [6, 6.07) is 8.38. The highest BCUT2D eigenvalue weighted by Crippen LogP contribution is 2.50. The van der Waals surface area contributed by atoms with Crippen molar-refractivity contribution in [3.8, 4) is 0 Å². The molecular weight excluding hydrogens is 246 g/mol. The summed E-state index contributed by atoms with van der Waals surface area (Å²) < 4.78 is 0. The van der Waals surface area contributed by atoms with E-state index in [-0.39, 0.29) is 5.41 Å². The van der Waals surface area contributed by atoms with E-state index in [9.17, 15) is 5.11 Å². The van der Waals surface area contributed by atoms with Crippen LogP contribution in [0.2, 0.25) is 0 Å². The molecule has 1 aliphatic carbocycles. The normalized spacial score (nSPS) is 22.4. The van der Waals surface area contributed by atoms with Gasteiger partial charge in [-0.05, 0) is 48.6 Å². The molecule has 112 valence electrons. The fourth-order valence-corrected chi connectivity index (χ4v) is 3.30. The highest BCUT2D eigenvalue weighted by molar-refractivity contribution is 5.26. The summed E-state index contributed by atoms with van der Waals surface area (Å²) in [6.07, 6.45) is 4.93. The second-order valence-corrected chi connectivity index (χ2v) is 7.23. The van der Waals surface area contributed by atoms with Crippen LogP contribution < -0.4 is 5.73 Å². The molecule has 1 aromatic carbocycles. The van der Waals surface area contributed by atoms with Crippen molar-refractivity contribution < 1.29 is 5.11 Å². The predicted molar refractivity (Wildman–Crippen MR) is 84.5 cm³/mol. The lowest BCUT2D eigenvalue weighted by Gasteiger charge is -2.45. The van der Waals surface area contributed by atoms with Gasteiger partial charge in [0.15, 0.2) is 0 Å². The van der Waals surface area contributed by atoms with Crippen molar-refractivity contribution in [1.29, 1.82) is 0 Å². The number of aliphatic hydroxyl groups is 1. The summed E-state index contributed by atoms with van der Waals surface area (Å²) in [5, 5.41) is 10.8. The maximum Gasteiger partial charge on any atom is 0.0858 e. The Morgan fingerprint density at radius 1 is 1.10 bits per heavy atom. The summed E-state index contributed by atoms with van der Waals surface area (Å²) >= 11 is 0. The minimum absolute atomic E-state index is 0.136. The van der Waals surface area contributed by atoms with Crippen LogP contribution in [-0.2, 0) is 6.42 Å². The second kappa shape index (κ2) is 5.87. The fourth-order valence-electron chi connectivity index (χ4n) is 3.30. The fraction of sp³-hybridized carbons (Fsp3) is 0.667. The molecular formula is C18H29NO. The highest BCUT2D eigenvalue weighted by atomic mass is 16.3. The van der Waals surface area contributed by atoms with E-state index in [0.717, 1.165) is 37.7 Å². The molecule has 2 nitrogen and oxygen atoms in total. The van der Waals surface area contributed by atoms with Crippen LogP contribution in [0.15, 0.2) is 24.3 Å². The Morgan fingerprint density at radius 2 is 1.65 bits per heavy atom. The van der Waals surface area contributed by atoms with E-state index < -0.39 is 6.10 Å². The van der Waals surface area contributed by atoms with Gasteiger partial charge >= 0.3 is 0 Å². The molecule has 1 atom stereocenters. The largest absolute Gasteiger partial charge is 0.388 e. The molecule has 1 aliphatic rings. The number of nitrogens with two attached hydrogens (primary N) is 1. The smallest absolute Gasteiger partial charge is 0.0858 e. The number of rotatable bonds is 4. The first-order valence-corrected chi connectivity index (χ1v) is 7.89. The zero-order valence-electron chi connectivity index (χ0n) is 13.2. The van der Waals surface area contributed by atoms with Gasteiger partial charge in [-0.25, -0.2) is 0 Å². The number of aliphatic hydroxyl groups excluding tert-OH is 1. The van der Waals surface area contributed by atoms with E-state index in [2.05, 4.69) is 45.0 Å². The van der Waals surface area contributed by atoms with Crippen LogP contribution in [0.1, 0.15) is 63.7 Å². The number of aryl methyl sites for hydroxylation is 1. The summed E-state index contributed by atoms with van der Waals surface area (Å²) in [6.45, 7) is 7.35. The third-order valence-corrected chi connectivity index (χ3v) is 5.29. The third-order valence-electron chi connectivity index (χ3n) is 5.29. The molecule has 1 saturated carbocycles. The van der Waals surface area contributed by atoms with Crippen molar-refractivity contribution in [2.75, 3.05) is 6.54 Å². The first-order valence-electron chi connectivity index (χ1n) is 7.89. The lowest BCUT2D eigenvalue weighted by atomic mass is 9.62. The van der Waals surface area contributed by atoms with Crippen LogP contribution in [0.5, 0.6) is 0 Å².